The summed E-state index contributed by atoms with van der Waals surface area (Å²) in [6.45, 7) is 4.74. The van der Waals surface area contributed by atoms with E-state index in [0.29, 0.717) is 6.54 Å². The van der Waals surface area contributed by atoms with Crippen LogP contribution in [-0.2, 0) is 19.4 Å². The van der Waals surface area contributed by atoms with Gasteiger partial charge in [0.2, 0.25) is 0 Å². The van der Waals surface area contributed by atoms with Crippen molar-refractivity contribution in [1.82, 2.24) is 25.1 Å². The highest BCUT2D eigenvalue weighted by Gasteiger charge is 2.14. The zero-order valence-corrected chi connectivity index (χ0v) is 14.4. The van der Waals surface area contributed by atoms with Crippen LogP contribution in [0.5, 0.6) is 0 Å². The van der Waals surface area contributed by atoms with Crippen LogP contribution in [0.1, 0.15) is 22.4 Å². The Balaban J connectivity index is 1.49. The quantitative estimate of drug-likeness (QED) is 0.766. The minimum Gasteiger partial charge on any atom is -0.366 e. The van der Waals surface area contributed by atoms with Gasteiger partial charge in [0.15, 0.2) is 0 Å². The zero-order valence-electron chi connectivity index (χ0n) is 14.4. The van der Waals surface area contributed by atoms with Gasteiger partial charge in [-0.3, -0.25) is 0 Å². The van der Waals surface area contributed by atoms with Gasteiger partial charge in [0.05, 0.1) is 17.6 Å². The minimum atomic E-state index is 0.697. The molecule has 0 aliphatic carbocycles. The van der Waals surface area contributed by atoms with Crippen LogP contribution >= 0.6 is 0 Å². The average Bonchev–Trinajstić information content (AvgIpc) is 2.97. The Labute approximate surface area is 147 Å². The van der Waals surface area contributed by atoms with E-state index >= 15 is 0 Å². The van der Waals surface area contributed by atoms with Crippen LogP contribution in [0.3, 0.4) is 0 Å². The molecule has 2 aromatic heterocycles. The maximum Gasteiger partial charge on any atom is 0.133 e. The molecule has 0 fully saturated rings. The van der Waals surface area contributed by atoms with Gasteiger partial charge in [0, 0.05) is 36.8 Å². The lowest BCUT2D eigenvalue weighted by Crippen LogP contribution is -2.16. The van der Waals surface area contributed by atoms with Gasteiger partial charge in [0.25, 0.3) is 0 Å². The summed E-state index contributed by atoms with van der Waals surface area (Å²) in [5.41, 5.74) is 5.82. The molecule has 0 radical (unpaired) electrons. The fourth-order valence-corrected chi connectivity index (χ4v) is 3.17. The van der Waals surface area contributed by atoms with Crippen LogP contribution in [0.2, 0.25) is 0 Å². The lowest BCUT2D eigenvalue weighted by atomic mass is 10.1. The molecule has 0 spiro atoms. The van der Waals surface area contributed by atoms with Crippen molar-refractivity contribution < 1.29 is 0 Å². The summed E-state index contributed by atoms with van der Waals surface area (Å²) in [4.78, 5) is 8.89. The minimum absolute atomic E-state index is 0.697. The zero-order chi connectivity index (χ0) is 17.1. The predicted octanol–water partition coefficient (Wildman–Crippen LogP) is 2.27. The summed E-state index contributed by atoms with van der Waals surface area (Å²) in [5, 5.41) is 11.3. The van der Waals surface area contributed by atoms with Gasteiger partial charge in [-0.25, -0.2) is 14.6 Å². The van der Waals surface area contributed by atoms with Crippen LogP contribution in [-0.4, -0.2) is 32.8 Å². The molecule has 0 saturated heterocycles. The maximum atomic E-state index is 4.48. The highest BCUT2D eigenvalue weighted by Crippen LogP contribution is 2.19. The number of nitrogens with one attached hydrogen (secondary N) is 2. The number of hydrogen-bond donors (Lipinski definition) is 2. The summed E-state index contributed by atoms with van der Waals surface area (Å²) < 4.78 is 1.91. The lowest BCUT2D eigenvalue weighted by Gasteiger charge is -2.11. The van der Waals surface area contributed by atoms with Gasteiger partial charge >= 0.3 is 0 Å². The first-order valence-electron chi connectivity index (χ1n) is 8.67. The fourth-order valence-electron chi connectivity index (χ4n) is 3.17. The molecule has 1 aromatic carbocycles. The van der Waals surface area contributed by atoms with E-state index in [1.54, 1.807) is 6.33 Å². The van der Waals surface area contributed by atoms with Crippen molar-refractivity contribution >= 4 is 5.82 Å². The molecule has 0 bridgehead atoms. The Hall–Kier alpha value is -2.73. The lowest BCUT2D eigenvalue weighted by molar-refractivity contribution is 0.708. The van der Waals surface area contributed by atoms with Crippen molar-refractivity contribution in [2.45, 2.75) is 26.3 Å². The molecule has 1 aliphatic heterocycles. The van der Waals surface area contributed by atoms with E-state index in [2.05, 4.69) is 63.1 Å². The van der Waals surface area contributed by atoms with Crippen LogP contribution in [0.25, 0.3) is 5.69 Å². The summed E-state index contributed by atoms with van der Waals surface area (Å²) >= 11 is 0. The molecule has 25 heavy (non-hydrogen) atoms. The second-order valence-electron chi connectivity index (χ2n) is 6.38. The first kappa shape index (κ1) is 15.8. The molecule has 0 amide bonds. The Kier molecular flexibility index (Phi) is 4.43. The number of anilines is 1. The number of rotatable bonds is 4. The monoisotopic (exact) mass is 334 g/mol. The maximum absolute atomic E-state index is 4.48. The molecule has 6 nitrogen and oxygen atoms in total. The van der Waals surface area contributed by atoms with E-state index in [1.165, 1.54) is 11.1 Å². The number of fused-ring (bicyclic) bond motifs is 1. The van der Waals surface area contributed by atoms with Gasteiger partial charge in [-0.1, -0.05) is 12.1 Å². The second-order valence-corrected chi connectivity index (χ2v) is 6.38. The Bertz CT molecular complexity index is 870. The van der Waals surface area contributed by atoms with Crippen molar-refractivity contribution in [1.29, 1.82) is 0 Å². The molecule has 6 heteroatoms. The number of benzene rings is 1. The molecule has 2 N–H and O–H groups in total. The van der Waals surface area contributed by atoms with E-state index in [1.807, 2.05) is 10.9 Å². The molecular weight excluding hydrogens is 312 g/mol. The first-order chi connectivity index (χ1) is 12.3. The molecule has 128 valence electrons. The number of hydrogen-bond acceptors (Lipinski definition) is 5. The number of aromatic nitrogens is 4. The number of aryl methyl sites for hydroxylation is 1. The molecule has 3 aromatic rings. The van der Waals surface area contributed by atoms with Gasteiger partial charge in [0.1, 0.15) is 12.1 Å². The summed E-state index contributed by atoms with van der Waals surface area (Å²) in [6.07, 6.45) is 7.53. The van der Waals surface area contributed by atoms with E-state index in [4.69, 9.17) is 0 Å². The topological polar surface area (TPSA) is 67.7 Å². The van der Waals surface area contributed by atoms with Gasteiger partial charge in [-0.15, -0.1) is 0 Å². The smallest absolute Gasteiger partial charge is 0.133 e. The summed E-state index contributed by atoms with van der Waals surface area (Å²) in [7, 11) is 0. The molecule has 0 unspecified atom stereocenters. The number of nitrogens with zero attached hydrogens (tertiary/aromatic N) is 4. The third kappa shape index (κ3) is 3.53. The standard InChI is InChI=1S/C19H22N6/c1-14-3-2-4-16(9-14)25-12-15(11-24-25)10-21-19-17-5-7-20-8-6-18(17)22-13-23-19/h2-4,9,11-13,20H,5-8,10H2,1H3,(H,21,22,23). The van der Waals surface area contributed by atoms with Crippen LogP contribution in [0.15, 0.2) is 43.0 Å². The van der Waals surface area contributed by atoms with Gasteiger partial charge < -0.3 is 10.6 Å². The fraction of sp³-hybridized carbons (Fsp3) is 0.316. The van der Waals surface area contributed by atoms with Crippen molar-refractivity contribution in [3.05, 3.63) is 65.4 Å². The van der Waals surface area contributed by atoms with Gasteiger partial charge in [-0.05, 0) is 37.6 Å². The molecular formula is C19H22N6. The highest BCUT2D eigenvalue weighted by atomic mass is 15.3. The predicted molar refractivity (Wildman–Crippen MR) is 97.9 cm³/mol. The van der Waals surface area contributed by atoms with Crippen molar-refractivity contribution in [2.75, 3.05) is 18.4 Å². The van der Waals surface area contributed by atoms with Crippen molar-refractivity contribution in [3.63, 3.8) is 0 Å². The Morgan fingerprint density at radius 3 is 3.04 bits per heavy atom. The van der Waals surface area contributed by atoms with Crippen molar-refractivity contribution in [3.8, 4) is 5.69 Å². The van der Waals surface area contributed by atoms with Crippen LogP contribution in [0, 0.1) is 6.92 Å². The third-order valence-electron chi connectivity index (χ3n) is 4.49. The van der Waals surface area contributed by atoms with Crippen LogP contribution in [0.4, 0.5) is 5.82 Å². The molecule has 0 atom stereocenters. The van der Waals surface area contributed by atoms with E-state index in [9.17, 15) is 0 Å². The summed E-state index contributed by atoms with van der Waals surface area (Å²) in [5.74, 6) is 0.942. The van der Waals surface area contributed by atoms with Crippen molar-refractivity contribution in [2.24, 2.45) is 0 Å². The normalized spacial score (nSPS) is 14.0. The largest absolute Gasteiger partial charge is 0.366 e. The third-order valence-corrected chi connectivity index (χ3v) is 4.49. The molecule has 0 saturated carbocycles. The Morgan fingerprint density at radius 2 is 2.12 bits per heavy atom. The van der Waals surface area contributed by atoms with E-state index in [-0.39, 0.29) is 0 Å². The van der Waals surface area contributed by atoms with E-state index in [0.717, 1.165) is 48.7 Å². The first-order valence-corrected chi connectivity index (χ1v) is 8.67. The summed E-state index contributed by atoms with van der Waals surface area (Å²) in [6, 6.07) is 8.33. The van der Waals surface area contributed by atoms with E-state index < -0.39 is 0 Å². The molecule has 4 rings (SSSR count). The average molecular weight is 334 g/mol. The molecule has 3 heterocycles. The Morgan fingerprint density at radius 1 is 1.20 bits per heavy atom. The SMILES string of the molecule is Cc1cccc(-n2cc(CNc3ncnc4c3CCNCC4)cn2)c1. The second kappa shape index (κ2) is 7.03. The molecule has 1 aliphatic rings. The van der Waals surface area contributed by atoms with Gasteiger partial charge in [-0.2, -0.15) is 5.10 Å². The van der Waals surface area contributed by atoms with Crippen LogP contribution < -0.4 is 10.6 Å². The highest BCUT2D eigenvalue weighted by molar-refractivity contribution is 5.47.